The Morgan fingerprint density at radius 1 is 0.759 bits per heavy atom. The summed E-state index contributed by atoms with van der Waals surface area (Å²) >= 11 is 1.91. The average molecular weight is 419 g/mol. The zero-order valence-electron chi connectivity index (χ0n) is 20.2. The van der Waals surface area contributed by atoms with Crippen LogP contribution in [-0.4, -0.2) is 32.9 Å². The molecule has 2 aliphatic rings. The Labute approximate surface area is 183 Å². The monoisotopic (exact) mass is 418 g/mol. The van der Waals surface area contributed by atoms with Gasteiger partial charge in [-0.2, -0.15) is 11.8 Å². The van der Waals surface area contributed by atoms with Gasteiger partial charge in [0, 0.05) is 23.3 Å². The maximum absolute atomic E-state index is 11.0. The highest BCUT2D eigenvalue weighted by molar-refractivity contribution is 7.99. The van der Waals surface area contributed by atoms with E-state index < -0.39 is 11.2 Å². The molecular weight excluding hydrogens is 376 g/mol. The lowest BCUT2D eigenvalue weighted by Crippen LogP contribution is -2.44. The first-order chi connectivity index (χ1) is 13.0. The SMILES string of the molecule is CC1=CC(CSCC2=CC(C(C)(C)C)C(C)(O)C(C)=C2)=CC(C(C)(C)C)C1(C)O. The van der Waals surface area contributed by atoms with Crippen molar-refractivity contribution in [1.82, 2.24) is 0 Å². The fraction of sp³-hybridized carbons (Fsp3) is 0.692. The molecule has 0 fully saturated rings. The third-order valence-electron chi connectivity index (χ3n) is 6.78. The lowest BCUT2D eigenvalue weighted by molar-refractivity contribution is 0.00498. The summed E-state index contributed by atoms with van der Waals surface area (Å²) in [6.07, 6.45) is 8.88. The quantitative estimate of drug-likeness (QED) is 0.561. The molecule has 29 heavy (non-hydrogen) atoms. The van der Waals surface area contributed by atoms with E-state index in [4.69, 9.17) is 0 Å². The molecule has 2 N–H and O–H groups in total. The van der Waals surface area contributed by atoms with Crippen molar-refractivity contribution in [2.75, 3.05) is 11.5 Å². The highest BCUT2D eigenvalue weighted by atomic mass is 32.2. The molecule has 0 heterocycles. The van der Waals surface area contributed by atoms with E-state index >= 15 is 0 Å². The molecule has 2 rings (SSSR count). The van der Waals surface area contributed by atoms with Crippen LogP contribution in [0.15, 0.2) is 46.6 Å². The van der Waals surface area contributed by atoms with E-state index in [2.05, 4.69) is 65.8 Å². The van der Waals surface area contributed by atoms with Crippen LogP contribution in [-0.2, 0) is 0 Å². The highest BCUT2D eigenvalue weighted by Gasteiger charge is 2.43. The topological polar surface area (TPSA) is 40.5 Å². The van der Waals surface area contributed by atoms with E-state index in [1.165, 1.54) is 11.1 Å². The minimum atomic E-state index is -0.788. The van der Waals surface area contributed by atoms with Crippen molar-refractivity contribution >= 4 is 11.8 Å². The Hall–Kier alpha value is -0.770. The van der Waals surface area contributed by atoms with Gasteiger partial charge in [0.05, 0.1) is 11.2 Å². The first kappa shape index (κ1) is 24.5. The van der Waals surface area contributed by atoms with Crippen molar-refractivity contribution in [1.29, 1.82) is 0 Å². The Bertz CT molecular complexity index is 685. The van der Waals surface area contributed by atoms with Gasteiger partial charge in [0.1, 0.15) is 0 Å². The third kappa shape index (κ3) is 5.29. The number of rotatable bonds is 4. The summed E-state index contributed by atoms with van der Waals surface area (Å²) in [5.74, 6) is 2.07. The Kier molecular flexibility index (Phi) is 6.80. The second kappa shape index (κ2) is 8.05. The van der Waals surface area contributed by atoms with Crippen LogP contribution in [0.25, 0.3) is 0 Å². The average Bonchev–Trinajstić information content (AvgIpc) is 2.51. The van der Waals surface area contributed by atoms with Crippen molar-refractivity contribution < 1.29 is 10.2 Å². The van der Waals surface area contributed by atoms with Crippen LogP contribution in [0.4, 0.5) is 0 Å². The third-order valence-corrected chi connectivity index (χ3v) is 7.85. The van der Waals surface area contributed by atoms with Gasteiger partial charge in [-0.3, -0.25) is 0 Å². The standard InChI is InChI=1S/C26H42O2S/c1-17-11-19(13-21(23(3,4)5)25(17,9)27)15-29-16-20-12-18(2)26(10,28)22(14-20)24(6,7)8/h11-14,21-22,27-28H,15-16H2,1-10H3. The molecule has 4 atom stereocenters. The molecular formula is C26H42O2S. The largest absolute Gasteiger partial charge is 0.385 e. The molecule has 0 aliphatic heterocycles. The van der Waals surface area contributed by atoms with Crippen LogP contribution in [0.3, 0.4) is 0 Å². The summed E-state index contributed by atoms with van der Waals surface area (Å²) in [6.45, 7) is 21.2. The lowest BCUT2D eigenvalue weighted by atomic mass is 9.66. The van der Waals surface area contributed by atoms with Gasteiger partial charge in [-0.1, -0.05) is 65.8 Å². The minimum absolute atomic E-state index is 0.00615. The molecule has 0 spiro atoms. The van der Waals surface area contributed by atoms with Crippen molar-refractivity contribution in [3.05, 3.63) is 46.6 Å². The van der Waals surface area contributed by atoms with Crippen molar-refractivity contribution in [3.8, 4) is 0 Å². The molecule has 0 aromatic heterocycles. The molecule has 164 valence electrons. The molecule has 0 saturated carbocycles. The first-order valence-electron chi connectivity index (χ1n) is 10.8. The minimum Gasteiger partial charge on any atom is -0.385 e. The zero-order valence-corrected chi connectivity index (χ0v) is 21.0. The van der Waals surface area contributed by atoms with E-state index in [0.717, 1.165) is 22.7 Å². The van der Waals surface area contributed by atoms with Gasteiger partial charge in [0.2, 0.25) is 0 Å². The number of aliphatic hydroxyl groups is 2. The molecule has 0 bridgehead atoms. The van der Waals surface area contributed by atoms with Gasteiger partial charge in [-0.25, -0.2) is 0 Å². The van der Waals surface area contributed by atoms with E-state index in [0.29, 0.717) is 0 Å². The van der Waals surface area contributed by atoms with Crippen LogP contribution < -0.4 is 0 Å². The van der Waals surface area contributed by atoms with E-state index in [-0.39, 0.29) is 22.7 Å². The van der Waals surface area contributed by atoms with Crippen LogP contribution in [0.5, 0.6) is 0 Å². The van der Waals surface area contributed by atoms with Crippen LogP contribution in [0, 0.1) is 22.7 Å². The number of hydrogen-bond donors (Lipinski definition) is 2. The summed E-state index contributed by atoms with van der Waals surface area (Å²) in [6, 6.07) is 0. The smallest absolute Gasteiger partial charge is 0.0896 e. The first-order valence-corrected chi connectivity index (χ1v) is 11.9. The Balaban J connectivity index is 2.13. The van der Waals surface area contributed by atoms with E-state index in [9.17, 15) is 10.2 Å². The lowest BCUT2D eigenvalue weighted by Gasteiger charge is -2.43. The predicted molar refractivity (Wildman–Crippen MR) is 128 cm³/mol. The van der Waals surface area contributed by atoms with E-state index in [1.807, 2.05) is 39.5 Å². The molecule has 0 aromatic rings. The maximum Gasteiger partial charge on any atom is 0.0896 e. The van der Waals surface area contributed by atoms with Gasteiger partial charge >= 0.3 is 0 Å². The fourth-order valence-electron chi connectivity index (χ4n) is 4.84. The molecule has 0 radical (unpaired) electrons. The van der Waals surface area contributed by atoms with Crippen molar-refractivity contribution in [2.24, 2.45) is 22.7 Å². The summed E-state index contributed by atoms with van der Waals surface area (Å²) in [4.78, 5) is 0. The fourth-order valence-corrected chi connectivity index (χ4v) is 5.77. The van der Waals surface area contributed by atoms with Crippen molar-refractivity contribution in [2.45, 2.75) is 80.4 Å². The number of hydrogen-bond acceptors (Lipinski definition) is 3. The van der Waals surface area contributed by atoms with Gasteiger partial charge in [0.25, 0.3) is 0 Å². The van der Waals surface area contributed by atoms with E-state index in [1.54, 1.807) is 0 Å². The highest BCUT2D eigenvalue weighted by Crippen LogP contribution is 2.45. The second-order valence-corrected chi connectivity index (χ2v) is 12.6. The molecule has 2 aliphatic carbocycles. The molecule has 0 saturated heterocycles. The van der Waals surface area contributed by atoms with Gasteiger partial charge in [0.15, 0.2) is 0 Å². The molecule has 2 nitrogen and oxygen atoms in total. The summed E-state index contributed by atoms with van der Waals surface area (Å²) < 4.78 is 0. The van der Waals surface area contributed by atoms with Crippen LogP contribution >= 0.6 is 11.8 Å². The summed E-state index contributed by atoms with van der Waals surface area (Å²) in [7, 11) is 0. The van der Waals surface area contributed by atoms with Crippen LogP contribution in [0.2, 0.25) is 0 Å². The molecule has 3 heteroatoms. The summed E-state index contributed by atoms with van der Waals surface area (Å²) in [5, 5.41) is 22.0. The van der Waals surface area contributed by atoms with Gasteiger partial charge < -0.3 is 10.2 Å². The predicted octanol–water partition coefficient (Wildman–Crippen LogP) is 6.32. The number of thioether (sulfide) groups is 1. The normalized spacial score (nSPS) is 33.7. The Morgan fingerprint density at radius 2 is 1.07 bits per heavy atom. The number of allylic oxidation sites excluding steroid dienone is 2. The second-order valence-electron chi connectivity index (χ2n) is 11.6. The van der Waals surface area contributed by atoms with Gasteiger partial charge in [-0.05, 0) is 60.8 Å². The maximum atomic E-state index is 11.0. The molecule has 0 aromatic carbocycles. The molecule has 0 amide bonds. The van der Waals surface area contributed by atoms with Gasteiger partial charge in [-0.15, -0.1) is 0 Å². The zero-order chi connectivity index (χ0) is 22.4. The van der Waals surface area contributed by atoms with Crippen molar-refractivity contribution in [3.63, 3.8) is 0 Å². The van der Waals surface area contributed by atoms with Crippen LogP contribution in [0.1, 0.15) is 69.2 Å². The molecule has 4 unspecified atom stereocenters. The Morgan fingerprint density at radius 3 is 1.34 bits per heavy atom. The summed E-state index contributed by atoms with van der Waals surface area (Å²) in [5.41, 5.74) is 3.14.